The first-order valence-electron chi connectivity index (χ1n) is 8.05. The van der Waals surface area contributed by atoms with E-state index >= 15 is 0 Å². The first kappa shape index (κ1) is 14.5. The monoisotopic (exact) mass is 287 g/mol. The summed E-state index contributed by atoms with van der Waals surface area (Å²) in [4.78, 5) is 4.45. The van der Waals surface area contributed by atoms with Crippen molar-refractivity contribution in [3.8, 4) is 0 Å². The number of aliphatic hydroxyl groups is 1. The van der Waals surface area contributed by atoms with E-state index in [4.69, 9.17) is 0 Å². The van der Waals surface area contributed by atoms with Crippen molar-refractivity contribution in [1.82, 2.24) is 14.9 Å². The van der Waals surface area contributed by atoms with Crippen molar-refractivity contribution < 1.29 is 5.11 Å². The SMILES string of the molecule is CCNC1(CO)CCCC1CCn1cnc2ccccc21. The van der Waals surface area contributed by atoms with Crippen LogP contribution in [0, 0.1) is 5.92 Å². The maximum absolute atomic E-state index is 9.87. The molecule has 1 aliphatic rings. The molecule has 0 radical (unpaired) electrons. The highest BCUT2D eigenvalue weighted by atomic mass is 16.3. The van der Waals surface area contributed by atoms with Crippen molar-refractivity contribution in [1.29, 1.82) is 0 Å². The standard InChI is InChI=1S/C17H25N3O/c1-2-19-17(12-21)10-5-6-14(17)9-11-20-13-18-15-7-3-4-8-16(15)20/h3-4,7-8,13-14,19,21H,2,5-6,9-12H2,1H3. The highest BCUT2D eigenvalue weighted by Crippen LogP contribution is 2.38. The van der Waals surface area contributed by atoms with Gasteiger partial charge in [-0.1, -0.05) is 25.5 Å². The van der Waals surface area contributed by atoms with Crippen molar-refractivity contribution in [3.63, 3.8) is 0 Å². The Hall–Kier alpha value is -1.39. The molecule has 1 fully saturated rings. The predicted molar refractivity (Wildman–Crippen MR) is 85.2 cm³/mol. The van der Waals surface area contributed by atoms with Crippen LogP contribution in [0.1, 0.15) is 32.6 Å². The number of benzene rings is 1. The molecule has 2 N–H and O–H groups in total. The molecule has 1 aromatic carbocycles. The van der Waals surface area contributed by atoms with E-state index < -0.39 is 0 Å². The number of hydrogen-bond acceptors (Lipinski definition) is 3. The number of imidazole rings is 1. The Labute approximate surface area is 126 Å². The van der Waals surface area contributed by atoms with E-state index in [1.54, 1.807) is 0 Å². The Morgan fingerprint density at radius 3 is 3.10 bits per heavy atom. The van der Waals surface area contributed by atoms with Gasteiger partial charge in [-0.3, -0.25) is 0 Å². The zero-order valence-corrected chi connectivity index (χ0v) is 12.8. The highest BCUT2D eigenvalue weighted by Gasteiger charge is 2.41. The number of nitrogens with one attached hydrogen (secondary N) is 1. The molecule has 0 aliphatic heterocycles. The van der Waals surface area contributed by atoms with Crippen LogP contribution >= 0.6 is 0 Å². The molecule has 2 aromatic rings. The molecule has 0 bridgehead atoms. The second kappa shape index (κ2) is 6.16. The fraction of sp³-hybridized carbons (Fsp3) is 0.588. The van der Waals surface area contributed by atoms with Crippen molar-refractivity contribution in [2.24, 2.45) is 5.92 Å². The molecule has 4 nitrogen and oxygen atoms in total. The third kappa shape index (κ3) is 2.70. The van der Waals surface area contributed by atoms with E-state index in [9.17, 15) is 5.11 Å². The molecule has 1 aliphatic carbocycles. The lowest BCUT2D eigenvalue weighted by atomic mass is 9.85. The van der Waals surface area contributed by atoms with E-state index in [0.717, 1.165) is 31.4 Å². The maximum atomic E-state index is 9.87. The van der Waals surface area contributed by atoms with Crippen molar-refractivity contribution in [2.45, 2.75) is 44.7 Å². The van der Waals surface area contributed by atoms with Gasteiger partial charge in [-0.15, -0.1) is 0 Å². The van der Waals surface area contributed by atoms with Crippen LogP contribution in [0.25, 0.3) is 11.0 Å². The lowest BCUT2D eigenvalue weighted by Gasteiger charge is -2.35. The Kier molecular flexibility index (Phi) is 4.27. The quantitative estimate of drug-likeness (QED) is 0.858. The number of aryl methyl sites for hydroxylation is 1. The first-order valence-corrected chi connectivity index (χ1v) is 8.05. The van der Waals surface area contributed by atoms with Crippen molar-refractivity contribution >= 4 is 11.0 Å². The van der Waals surface area contributed by atoms with Crippen LogP contribution in [0.4, 0.5) is 0 Å². The third-order valence-corrected chi connectivity index (χ3v) is 5.01. The van der Waals surface area contributed by atoms with Crippen LogP contribution in [-0.2, 0) is 6.54 Å². The number of aromatic nitrogens is 2. The van der Waals surface area contributed by atoms with Gasteiger partial charge < -0.3 is 15.0 Å². The van der Waals surface area contributed by atoms with Gasteiger partial charge >= 0.3 is 0 Å². The number of hydrogen-bond donors (Lipinski definition) is 2. The zero-order valence-electron chi connectivity index (χ0n) is 12.8. The number of nitrogens with zero attached hydrogens (tertiary/aromatic N) is 2. The number of rotatable bonds is 6. The van der Waals surface area contributed by atoms with Crippen LogP contribution in [0.5, 0.6) is 0 Å². The lowest BCUT2D eigenvalue weighted by molar-refractivity contribution is 0.119. The molecule has 114 valence electrons. The minimum absolute atomic E-state index is 0.0644. The molecular formula is C17H25N3O. The van der Waals surface area contributed by atoms with E-state index in [2.05, 4.69) is 40.0 Å². The Balaban J connectivity index is 1.72. The summed E-state index contributed by atoms with van der Waals surface area (Å²) in [6.45, 7) is 4.26. The Bertz CT molecular complexity index is 594. The second-order valence-corrected chi connectivity index (χ2v) is 6.15. The van der Waals surface area contributed by atoms with Gasteiger partial charge in [0.1, 0.15) is 0 Å². The van der Waals surface area contributed by atoms with E-state index in [-0.39, 0.29) is 12.1 Å². The van der Waals surface area contributed by atoms with Crippen LogP contribution in [0.2, 0.25) is 0 Å². The number of para-hydroxylation sites is 2. The fourth-order valence-electron chi connectivity index (χ4n) is 3.90. The molecular weight excluding hydrogens is 262 g/mol. The van der Waals surface area contributed by atoms with Gasteiger partial charge in [0.25, 0.3) is 0 Å². The van der Waals surface area contributed by atoms with Gasteiger partial charge in [0.15, 0.2) is 0 Å². The largest absolute Gasteiger partial charge is 0.394 e. The van der Waals surface area contributed by atoms with Crippen LogP contribution in [0.3, 0.4) is 0 Å². The average Bonchev–Trinajstić information content (AvgIpc) is 3.10. The molecule has 0 amide bonds. The topological polar surface area (TPSA) is 50.1 Å². The van der Waals surface area contributed by atoms with Crippen LogP contribution in [-0.4, -0.2) is 33.3 Å². The summed E-state index contributed by atoms with van der Waals surface area (Å²) in [6, 6.07) is 8.27. The molecule has 1 heterocycles. The lowest BCUT2D eigenvalue weighted by Crippen LogP contribution is -2.51. The number of aliphatic hydroxyl groups excluding tert-OH is 1. The minimum atomic E-state index is -0.0644. The normalized spacial score (nSPS) is 25.7. The summed E-state index contributed by atoms with van der Waals surface area (Å²) < 4.78 is 2.24. The number of likely N-dealkylation sites (N-methyl/N-ethyl adjacent to an activating group) is 1. The van der Waals surface area contributed by atoms with Crippen molar-refractivity contribution in [2.75, 3.05) is 13.2 Å². The van der Waals surface area contributed by atoms with Crippen LogP contribution < -0.4 is 5.32 Å². The van der Waals surface area contributed by atoms with Crippen LogP contribution in [0.15, 0.2) is 30.6 Å². The molecule has 2 unspecified atom stereocenters. The summed E-state index contributed by atoms with van der Waals surface area (Å²) in [5.41, 5.74) is 2.20. The van der Waals surface area contributed by atoms with Gasteiger partial charge in [-0.2, -0.15) is 0 Å². The Morgan fingerprint density at radius 2 is 2.29 bits per heavy atom. The van der Waals surface area contributed by atoms with E-state index in [0.29, 0.717) is 5.92 Å². The van der Waals surface area contributed by atoms with E-state index in [1.165, 1.54) is 18.4 Å². The minimum Gasteiger partial charge on any atom is -0.394 e. The molecule has 21 heavy (non-hydrogen) atoms. The molecule has 3 rings (SSSR count). The van der Waals surface area contributed by atoms with Gasteiger partial charge in [-0.25, -0.2) is 4.98 Å². The van der Waals surface area contributed by atoms with Gasteiger partial charge in [-0.05, 0) is 43.9 Å². The maximum Gasteiger partial charge on any atom is 0.0958 e. The van der Waals surface area contributed by atoms with E-state index in [1.807, 2.05) is 12.4 Å². The average molecular weight is 287 g/mol. The summed E-state index contributed by atoms with van der Waals surface area (Å²) in [5.74, 6) is 0.545. The molecule has 4 heteroatoms. The zero-order chi connectivity index (χ0) is 14.7. The van der Waals surface area contributed by atoms with Gasteiger partial charge in [0.05, 0.1) is 24.0 Å². The number of fused-ring (bicyclic) bond motifs is 1. The van der Waals surface area contributed by atoms with Gasteiger partial charge in [0.2, 0.25) is 0 Å². The summed E-state index contributed by atoms with van der Waals surface area (Å²) >= 11 is 0. The smallest absolute Gasteiger partial charge is 0.0958 e. The van der Waals surface area contributed by atoms with Crippen molar-refractivity contribution in [3.05, 3.63) is 30.6 Å². The first-order chi connectivity index (χ1) is 10.3. The highest BCUT2D eigenvalue weighted by molar-refractivity contribution is 5.74. The predicted octanol–water partition coefficient (Wildman–Crippen LogP) is 2.57. The summed E-state index contributed by atoms with van der Waals surface area (Å²) in [6.07, 6.45) is 6.54. The molecule has 0 saturated heterocycles. The summed E-state index contributed by atoms with van der Waals surface area (Å²) in [5, 5.41) is 13.4. The van der Waals surface area contributed by atoms with Gasteiger partial charge in [0, 0.05) is 12.1 Å². The second-order valence-electron chi connectivity index (χ2n) is 6.15. The molecule has 1 aromatic heterocycles. The Morgan fingerprint density at radius 1 is 1.43 bits per heavy atom. The third-order valence-electron chi connectivity index (χ3n) is 5.01. The molecule has 2 atom stereocenters. The molecule has 0 spiro atoms. The molecule has 1 saturated carbocycles. The summed E-state index contributed by atoms with van der Waals surface area (Å²) in [7, 11) is 0. The fourth-order valence-corrected chi connectivity index (χ4v) is 3.90.